The predicted molar refractivity (Wildman–Crippen MR) is 86.5 cm³/mol. The summed E-state index contributed by atoms with van der Waals surface area (Å²) in [6.07, 6.45) is 5.07. The van der Waals surface area contributed by atoms with Crippen molar-refractivity contribution in [3.8, 4) is 5.75 Å². The molecule has 0 spiro atoms. The van der Waals surface area contributed by atoms with Crippen molar-refractivity contribution in [2.24, 2.45) is 7.05 Å². The number of nitrogens with one attached hydrogen (secondary N) is 2. The molecule has 0 bridgehead atoms. The number of aryl methyl sites for hydroxylation is 1. The van der Waals surface area contributed by atoms with Crippen LogP contribution < -0.4 is 15.4 Å². The first kappa shape index (κ1) is 18.1. The van der Waals surface area contributed by atoms with Crippen molar-refractivity contribution in [2.45, 2.75) is 31.7 Å². The number of carbonyl (C=O) groups excluding carboxylic acids is 1. The molecule has 10 heteroatoms. The van der Waals surface area contributed by atoms with Crippen LogP contribution in [0.5, 0.6) is 5.75 Å². The lowest BCUT2D eigenvalue weighted by Gasteiger charge is -2.19. The van der Waals surface area contributed by atoms with Gasteiger partial charge >= 0.3 is 12.6 Å². The first-order valence-corrected chi connectivity index (χ1v) is 8.06. The summed E-state index contributed by atoms with van der Waals surface area (Å²) in [7, 11) is 1.87. The van der Waals surface area contributed by atoms with Gasteiger partial charge in [0.05, 0.1) is 24.5 Å². The first-order chi connectivity index (χ1) is 12.5. The largest absolute Gasteiger partial charge is 0.433 e. The molecule has 140 valence electrons. The van der Waals surface area contributed by atoms with E-state index in [1.165, 1.54) is 18.3 Å². The highest BCUT2D eigenvalue weighted by atomic mass is 19.3. The number of ether oxygens (including phenoxy) is 2. The van der Waals surface area contributed by atoms with Gasteiger partial charge in [-0.3, -0.25) is 4.98 Å². The van der Waals surface area contributed by atoms with E-state index in [0.29, 0.717) is 18.7 Å². The number of hydrogen-bond donors (Lipinski definition) is 2. The number of pyridine rings is 1. The van der Waals surface area contributed by atoms with Crippen molar-refractivity contribution in [3.05, 3.63) is 42.2 Å². The van der Waals surface area contributed by atoms with E-state index in [1.807, 2.05) is 17.8 Å². The molecule has 3 rings (SSSR count). The highest BCUT2D eigenvalue weighted by Crippen LogP contribution is 2.27. The number of urea groups is 1. The molecule has 0 unspecified atom stereocenters. The zero-order chi connectivity index (χ0) is 18.5. The molecule has 1 aliphatic heterocycles. The summed E-state index contributed by atoms with van der Waals surface area (Å²) in [6, 6.07) is 2.32. The monoisotopic (exact) mass is 367 g/mol. The molecule has 0 saturated carbocycles. The zero-order valence-electron chi connectivity index (χ0n) is 14.1. The summed E-state index contributed by atoms with van der Waals surface area (Å²) in [4.78, 5) is 20.4. The minimum atomic E-state index is -2.90. The molecule has 2 amide bonds. The van der Waals surface area contributed by atoms with Gasteiger partial charge in [-0.25, -0.2) is 9.78 Å². The second-order valence-corrected chi connectivity index (χ2v) is 5.77. The molecule has 2 aromatic rings. The standard InChI is InChI=1S/C16H19F2N5O3/c1-23-6-5-19-14(23)13-12(4-7-25-13)22-16(24)21-8-10-2-3-11(9-20-10)26-15(17)18/h2-3,5-6,9,12-13,15H,4,7-8H2,1H3,(H2,21,22,24)/t12-,13-/m1/s1. The molecule has 26 heavy (non-hydrogen) atoms. The Balaban J connectivity index is 1.50. The normalized spacial score (nSPS) is 19.5. The van der Waals surface area contributed by atoms with E-state index in [2.05, 4.69) is 25.3 Å². The molecule has 0 aromatic carbocycles. The number of alkyl halides is 2. The average Bonchev–Trinajstić information content (AvgIpc) is 3.22. The highest BCUT2D eigenvalue weighted by Gasteiger charge is 2.33. The Kier molecular flexibility index (Phi) is 5.61. The summed E-state index contributed by atoms with van der Waals surface area (Å²) in [5.74, 6) is 0.721. The number of amides is 2. The third-order valence-corrected chi connectivity index (χ3v) is 3.97. The van der Waals surface area contributed by atoms with Gasteiger partial charge < -0.3 is 24.7 Å². The van der Waals surface area contributed by atoms with Crippen LogP contribution in [-0.4, -0.2) is 39.8 Å². The van der Waals surface area contributed by atoms with Crippen molar-refractivity contribution in [3.63, 3.8) is 0 Å². The molecule has 2 aromatic heterocycles. The van der Waals surface area contributed by atoms with Crippen molar-refractivity contribution >= 4 is 6.03 Å². The molecule has 2 N–H and O–H groups in total. The number of halogens is 2. The number of hydrogen-bond acceptors (Lipinski definition) is 5. The second-order valence-electron chi connectivity index (χ2n) is 5.77. The van der Waals surface area contributed by atoms with Gasteiger partial charge in [-0.15, -0.1) is 0 Å². The number of nitrogens with zero attached hydrogens (tertiary/aromatic N) is 3. The quantitative estimate of drug-likeness (QED) is 0.812. The minimum Gasteiger partial charge on any atom is -0.433 e. The molecule has 1 fully saturated rings. The summed E-state index contributed by atoms with van der Waals surface area (Å²) in [5, 5.41) is 5.55. The Labute approximate surface area is 148 Å². The molecule has 1 aliphatic rings. The maximum atomic E-state index is 12.1. The van der Waals surface area contributed by atoms with Crippen LogP contribution in [0.15, 0.2) is 30.7 Å². The van der Waals surface area contributed by atoms with Crippen LogP contribution in [0.3, 0.4) is 0 Å². The second kappa shape index (κ2) is 8.09. The van der Waals surface area contributed by atoms with Gasteiger partial charge in [0.2, 0.25) is 0 Å². The molecule has 1 saturated heterocycles. The van der Waals surface area contributed by atoms with E-state index < -0.39 is 6.61 Å². The molecule has 8 nitrogen and oxygen atoms in total. The smallest absolute Gasteiger partial charge is 0.387 e. The number of aromatic nitrogens is 3. The summed E-state index contributed by atoms with van der Waals surface area (Å²) in [6.45, 7) is -2.20. The van der Waals surface area contributed by atoms with Crippen LogP contribution in [0.2, 0.25) is 0 Å². The van der Waals surface area contributed by atoms with Gasteiger partial charge in [0.15, 0.2) is 0 Å². The Morgan fingerprint density at radius 3 is 2.96 bits per heavy atom. The van der Waals surface area contributed by atoms with Crippen molar-refractivity contribution in [1.29, 1.82) is 0 Å². The van der Waals surface area contributed by atoms with E-state index in [0.717, 1.165) is 5.82 Å². The van der Waals surface area contributed by atoms with E-state index >= 15 is 0 Å². The zero-order valence-corrected chi connectivity index (χ0v) is 14.1. The molecule has 0 aliphatic carbocycles. The topological polar surface area (TPSA) is 90.3 Å². The number of carbonyl (C=O) groups is 1. The fraction of sp³-hybridized carbons (Fsp3) is 0.438. The van der Waals surface area contributed by atoms with Gasteiger partial charge in [-0.05, 0) is 18.6 Å². The maximum Gasteiger partial charge on any atom is 0.387 e. The molecular weight excluding hydrogens is 348 g/mol. The van der Waals surface area contributed by atoms with Gasteiger partial charge in [0.25, 0.3) is 0 Å². The van der Waals surface area contributed by atoms with Crippen molar-refractivity contribution in [2.75, 3.05) is 6.61 Å². The van der Waals surface area contributed by atoms with Gasteiger partial charge in [0.1, 0.15) is 17.7 Å². The Hall–Kier alpha value is -2.75. The third-order valence-electron chi connectivity index (χ3n) is 3.97. The van der Waals surface area contributed by atoms with E-state index in [-0.39, 0.29) is 30.5 Å². The first-order valence-electron chi connectivity index (χ1n) is 8.06. The van der Waals surface area contributed by atoms with Crippen LogP contribution in [0.1, 0.15) is 24.0 Å². The SMILES string of the molecule is Cn1ccnc1[C@@H]1OCC[C@H]1NC(=O)NCc1ccc(OC(F)F)cn1. The molecule has 0 radical (unpaired) electrons. The maximum absolute atomic E-state index is 12.1. The minimum absolute atomic E-state index is 0.0331. The number of imidazole rings is 1. The van der Waals surface area contributed by atoms with Crippen molar-refractivity contribution in [1.82, 2.24) is 25.2 Å². The lowest BCUT2D eigenvalue weighted by Crippen LogP contribution is -2.43. The van der Waals surface area contributed by atoms with Crippen LogP contribution in [0, 0.1) is 0 Å². The van der Waals surface area contributed by atoms with Crippen LogP contribution >= 0.6 is 0 Å². The fourth-order valence-electron chi connectivity index (χ4n) is 2.72. The van der Waals surface area contributed by atoms with E-state index in [1.54, 1.807) is 6.20 Å². The third kappa shape index (κ3) is 4.45. The van der Waals surface area contributed by atoms with Gasteiger partial charge in [-0.1, -0.05) is 0 Å². The van der Waals surface area contributed by atoms with Crippen LogP contribution in [-0.2, 0) is 18.3 Å². The highest BCUT2D eigenvalue weighted by molar-refractivity contribution is 5.74. The lowest BCUT2D eigenvalue weighted by molar-refractivity contribution is -0.0500. The fourth-order valence-corrected chi connectivity index (χ4v) is 2.72. The Morgan fingerprint density at radius 2 is 2.31 bits per heavy atom. The predicted octanol–water partition coefficient (Wildman–Crippen LogP) is 1.75. The molecular formula is C16H19F2N5O3. The van der Waals surface area contributed by atoms with E-state index in [4.69, 9.17) is 4.74 Å². The van der Waals surface area contributed by atoms with Gasteiger partial charge in [-0.2, -0.15) is 8.78 Å². The molecule has 3 heterocycles. The number of rotatable bonds is 6. The summed E-state index contributed by atoms with van der Waals surface area (Å²) >= 11 is 0. The lowest BCUT2D eigenvalue weighted by atomic mass is 10.1. The van der Waals surface area contributed by atoms with Crippen LogP contribution in [0.4, 0.5) is 13.6 Å². The summed E-state index contributed by atoms with van der Waals surface area (Å²) in [5.41, 5.74) is 0.519. The Bertz CT molecular complexity index is 738. The van der Waals surface area contributed by atoms with E-state index in [9.17, 15) is 13.6 Å². The van der Waals surface area contributed by atoms with Crippen molar-refractivity contribution < 1.29 is 23.0 Å². The molecule has 2 atom stereocenters. The summed E-state index contributed by atoms with van der Waals surface area (Å²) < 4.78 is 36.0. The van der Waals surface area contributed by atoms with Gasteiger partial charge in [0, 0.05) is 26.0 Å². The average molecular weight is 367 g/mol. The Morgan fingerprint density at radius 1 is 1.46 bits per heavy atom. The van der Waals surface area contributed by atoms with Crippen LogP contribution in [0.25, 0.3) is 0 Å².